The lowest BCUT2D eigenvalue weighted by Crippen LogP contribution is -2.35. The van der Waals surface area contributed by atoms with Crippen LogP contribution in [0.3, 0.4) is 0 Å². The number of nitrogens with zero attached hydrogens (tertiary/aromatic N) is 1. The van der Waals surface area contributed by atoms with E-state index in [2.05, 4.69) is 5.32 Å². The number of anilines is 1. The van der Waals surface area contributed by atoms with E-state index in [-0.39, 0.29) is 16.6 Å². The first-order chi connectivity index (χ1) is 13.4. The van der Waals surface area contributed by atoms with Gasteiger partial charge in [-0.1, -0.05) is 36.2 Å². The number of halogens is 1. The van der Waals surface area contributed by atoms with Crippen molar-refractivity contribution in [1.29, 1.82) is 0 Å². The molecule has 28 heavy (non-hydrogen) atoms. The number of sulfonamides is 1. The third-order valence-corrected chi connectivity index (χ3v) is 8.04. The number of benzene rings is 2. The zero-order valence-corrected chi connectivity index (χ0v) is 18.0. The number of rotatable bonds is 6. The van der Waals surface area contributed by atoms with Crippen molar-refractivity contribution in [1.82, 2.24) is 4.31 Å². The van der Waals surface area contributed by atoms with E-state index in [0.717, 1.165) is 29.7 Å². The first-order valence-corrected chi connectivity index (χ1v) is 12.0. The Bertz CT molecular complexity index is 958. The van der Waals surface area contributed by atoms with Crippen molar-refractivity contribution in [3.05, 3.63) is 53.1 Å². The van der Waals surface area contributed by atoms with Crippen LogP contribution in [0.15, 0.2) is 52.3 Å². The van der Waals surface area contributed by atoms with Crippen LogP contribution in [0, 0.1) is 6.92 Å². The van der Waals surface area contributed by atoms with Gasteiger partial charge < -0.3 is 5.32 Å². The molecule has 0 atom stereocenters. The normalized spacial score (nSPS) is 15.4. The predicted molar refractivity (Wildman–Crippen MR) is 115 cm³/mol. The highest BCUT2D eigenvalue weighted by Crippen LogP contribution is 2.28. The second-order valence-electron chi connectivity index (χ2n) is 6.71. The quantitative estimate of drug-likeness (QED) is 0.671. The highest BCUT2D eigenvalue weighted by atomic mass is 35.5. The maximum Gasteiger partial charge on any atom is 0.243 e. The third-order valence-electron chi connectivity index (χ3n) is 4.63. The predicted octanol–water partition coefficient (Wildman–Crippen LogP) is 4.55. The summed E-state index contributed by atoms with van der Waals surface area (Å²) in [6, 6.07) is 12.2. The summed E-state index contributed by atoms with van der Waals surface area (Å²) in [6.07, 6.45) is 2.83. The van der Waals surface area contributed by atoms with E-state index in [4.69, 9.17) is 11.6 Å². The van der Waals surface area contributed by atoms with Crippen LogP contribution in [0.1, 0.15) is 24.8 Å². The Morgan fingerprint density at radius 2 is 1.86 bits per heavy atom. The average molecular weight is 439 g/mol. The molecule has 0 radical (unpaired) electrons. The lowest BCUT2D eigenvalue weighted by atomic mass is 10.2. The SMILES string of the molecule is Cc1ccc(S(=O)(=O)N2CCCCC2)cc1NC(=O)CSc1ccccc1Cl. The first kappa shape index (κ1) is 21.2. The number of hydrogen-bond donors (Lipinski definition) is 1. The van der Waals surface area contributed by atoms with Gasteiger partial charge >= 0.3 is 0 Å². The fourth-order valence-electron chi connectivity index (χ4n) is 3.04. The van der Waals surface area contributed by atoms with Crippen LogP contribution in [0.4, 0.5) is 5.69 Å². The zero-order valence-electron chi connectivity index (χ0n) is 15.7. The van der Waals surface area contributed by atoms with Gasteiger partial charge in [-0.25, -0.2) is 8.42 Å². The average Bonchev–Trinajstić information content (AvgIpc) is 2.69. The Kier molecular flexibility index (Phi) is 7.04. The van der Waals surface area contributed by atoms with Crippen molar-refractivity contribution in [2.24, 2.45) is 0 Å². The van der Waals surface area contributed by atoms with Gasteiger partial charge in [-0.15, -0.1) is 11.8 Å². The summed E-state index contributed by atoms with van der Waals surface area (Å²) >= 11 is 7.46. The lowest BCUT2D eigenvalue weighted by Gasteiger charge is -2.26. The summed E-state index contributed by atoms with van der Waals surface area (Å²) in [6.45, 7) is 2.94. The van der Waals surface area contributed by atoms with Crippen LogP contribution >= 0.6 is 23.4 Å². The molecule has 1 amide bonds. The van der Waals surface area contributed by atoms with Gasteiger partial charge in [0.25, 0.3) is 0 Å². The number of carbonyl (C=O) groups is 1. The molecule has 0 bridgehead atoms. The Labute approximate surface area is 175 Å². The molecule has 1 N–H and O–H groups in total. The van der Waals surface area contributed by atoms with Gasteiger partial charge in [-0.2, -0.15) is 4.31 Å². The Hall–Kier alpha value is -1.54. The molecule has 2 aromatic rings. The summed E-state index contributed by atoms with van der Waals surface area (Å²) < 4.78 is 27.3. The van der Waals surface area contributed by atoms with Gasteiger partial charge in [-0.05, 0) is 49.6 Å². The number of nitrogens with one attached hydrogen (secondary N) is 1. The molecule has 2 aromatic carbocycles. The van der Waals surface area contributed by atoms with Crippen LogP contribution < -0.4 is 5.32 Å². The number of thioether (sulfide) groups is 1. The summed E-state index contributed by atoms with van der Waals surface area (Å²) in [5.74, 6) is -0.0211. The van der Waals surface area contributed by atoms with Crippen molar-refractivity contribution in [3.8, 4) is 0 Å². The molecule has 0 aromatic heterocycles. The minimum atomic E-state index is -3.54. The molecule has 0 saturated carbocycles. The Morgan fingerprint density at radius 3 is 2.57 bits per heavy atom. The van der Waals surface area contributed by atoms with Gasteiger partial charge in [0.2, 0.25) is 15.9 Å². The first-order valence-electron chi connectivity index (χ1n) is 9.16. The molecule has 5 nitrogen and oxygen atoms in total. The molecule has 1 saturated heterocycles. The molecule has 1 aliphatic heterocycles. The summed E-state index contributed by atoms with van der Waals surface area (Å²) in [7, 11) is -3.54. The molecule has 1 heterocycles. The van der Waals surface area contributed by atoms with Crippen molar-refractivity contribution in [3.63, 3.8) is 0 Å². The molecule has 0 spiro atoms. The molecular formula is C20H23ClN2O3S2. The van der Waals surface area contributed by atoms with Gasteiger partial charge in [0.1, 0.15) is 0 Å². The van der Waals surface area contributed by atoms with Crippen LogP contribution in [-0.4, -0.2) is 37.5 Å². The fourth-order valence-corrected chi connectivity index (χ4v) is 5.62. The summed E-state index contributed by atoms with van der Waals surface area (Å²) in [5, 5.41) is 3.43. The van der Waals surface area contributed by atoms with Gasteiger partial charge in [0.15, 0.2) is 0 Å². The highest BCUT2D eigenvalue weighted by Gasteiger charge is 2.26. The molecule has 0 unspecified atom stereocenters. The van der Waals surface area contributed by atoms with Crippen LogP contribution in [0.25, 0.3) is 0 Å². The number of carbonyl (C=O) groups excluding carboxylic acids is 1. The topological polar surface area (TPSA) is 66.5 Å². The van der Waals surface area contributed by atoms with E-state index in [0.29, 0.717) is 23.8 Å². The van der Waals surface area contributed by atoms with E-state index in [1.165, 1.54) is 16.1 Å². The van der Waals surface area contributed by atoms with E-state index < -0.39 is 10.0 Å². The smallest absolute Gasteiger partial charge is 0.243 e. The lowest BCUT2D eigenvalue weighted by molar-refractivity contribution is -0.113. The summed E-state index contributed by atoms with van der Waals surface area (Å²) in [4.78, 5) is 13.4. The van der Waals surface area contributed by atoms with Crippen molar-refractivity contribution in [2.45, 2.75) is 36.0 Å². The number of piperidine rings is 1. The van der Waals surface area contributed by atoms with Gasteiger partial charge in [-0.3, -0.25) is 4.79 Å². The molecule has 1 aliphatic rings. The Balaban J connectivity index is 1.71. The number of hydrogen-bond acceptors (Lipinski definition) is 4. The second-order valence-corrected chi connectivity index (χ2v) is 10.1. The standard InChI is InChI=1S/C20H23ClN2O3S2/c1-15-9-10-16(28(25,26)23-11-5-2-6-12-23)13-18(15)22-20(24)14-27-19-8-4-3-7-17(19)21/h3-4,7-10,13H,2,5-6,11-12,14H2,1H3,(H,22,24). The van der Waals surface area contributed by atoms with Crippen molar-refractivity contribution in [2.75, 3.05) is 24.2 Å². The third kappa shape index (κ3) is 5.08. The van der Waals surface area contributed by atoms with E-state index >= 15 is 0 Å². The van der Waals surface area contributed by atoms with Gasteiger partial charge in [0, 0.05) is 23.7 Å². The minimum Gasteiger partial charge on any atom is -0.325 e. The number of amides is 1. The van der Waals surface area contributed by atoms with E-state index in [9.17, 15) is 13.2 Å². The van der Waals surface area contributed by atoms with Crippen molar-refractivity contribution >= 4 is 45.0 Å². The molecule has 8 heteroatoms. The van der Waals surface area contributed by atoms with Gasteiger partial charge in [0.05, 0.1) is 15.7 Å². The molecule has 3 rings (SSSR count). The minimum absolute atomic E-state index is 0.187. The molecule has 1 fully saturated rings. The molecular weight excluding hydrogens is 416 g/mol. The molecule has 150 valence electrons. The van der Waals surface area contributed by atoms with E-state index in [1.807, 2.05) is 25.1 Å². The van der Waals surface area contributed by atoms with E-state index in [1.54, 1.807) is 24.3 Å². The number of aryl methyl sites for hydroxylation is 1. The largest absolute Gasteiger partial charge is 0.325 e. The maximum absolute atomic E-state index is 12.9. The Morgan fingerprint density at radius 1 is 1.14 bits per heavy atom. The fraction of sp³-hybridized carbons (Fsp3) is 0.350. The highest BCUT2D eigenvalue weighted by molar-refractivity contribution is 8.00. The zero-order chi connectivity index (χ0) is 20.1. The summed E-state index contributed by atoms with van der Waals surface area (Å²) in [5.41, 5.74) is 1.33. The molecule has 0 aliphatic carbocycles. The van der Waals surface area contributed by atoms with Crippen LogP contribution in [0.2, 0.25) is 5.02 Å². The van der Waals surface area contributed by atoms with Crippen molar-refractivity contribution < 1.29 is 13.2 Å². The van der Waals surface area contributed by atoms with Crippen LogP contribution in [0.5, 0.6) is 0 Å². The van der Waals surface area contributed by atoms with Crippen LogP contribution in [-0.2, 0) is 14.8 Å². The maximum atomic E-state index is 12.9. The second kappa shape index (κ2) is 9.31. The monoisotopic (exact) mass is 438 g/mol.